The van der Waals surface area contributed by atoms with E-state index >= 15 is 0 Å². The Hall–Kier alpha value is -2.34. The van der Waals surface area contributed by atoms with Gasteiger partial charge >= 0.3 is 0 Å². The molecule has 6 nitrogen and oxygen atoms in total. The van der Waals surface area contributed by atoms with Crippen molar-refractivity contribution in [3.8, 4) is 11.5 Å². The van der Waals surface area contributed by atoms with Crippen molar-refractivity contribution >= 4 is 11.6 Å². The maximum atomic E-state index is 13.2. The van der Waals surface area contributed by atoms with Gasteiger partial charge in [-0.15, -0.1) is 0 Å². The molecule has 2 atom stereocenters. The Bertz CT molecular complexity index is 768. The summed E-state index contributed by atoms with van der Waals surface area (Å²) in [5.74, 6) is 1.58. The summed E-state index contributed by atoms with van der Waals surface area (Å²) in [5.41, 5.74) is 1.96. The molecule has 2 aliphatic heterocycles. The van der Waals surface area contributed by atoms with Crippen LogP contribution >= 0.6 is 0 Å². The predicted molar refractivity (Wildman–Crippen MR) is 104 cm³/mol. The lowest BCUT2D eigenvalue weighted by Gasteiger charge is -2.42. The van der Waals surface area contributed by atoms with E-state index in [0.717, 1.165) is 50.0 Å². The Kier molecular flexibility index (Phi) is 5.16. The quantitative estimate of drug-likeness (QED) is 0.765. The normalized spacial score (nSPS) is 25.8. The Morgan fingerprint density at radius 1 is 0.963 bits per heavy atom. The first kappa shape index (κ1) is 18.0. The molecule has 0 saturated carbocycles. The van der Waals surface area contributed by atoms with Gasteiger partial charge in [-0.05, 0) is 43.9 Å². The summed E-state index contributed by atoms with van der Waals surface area (Å²) in [4.78, 5) is 13.2. The first-order valence-corrected chi connectivity index (χ1v) is 9.77. The number of benzene rings is 1. The van der Waals surface area contributed by atoms with Gasteiger partial charge in [0.25, 0.3) is 5.91 Å². The third-order valence-corrected chi connectivity index (χ3v) is 5.78. The monoisotopic (exact) mass is 369 g/mol. The minimum absolute atomic E-state index is 0.0440. The molecule has 0 N–H and O–H groups in total. The molecule has 0 bridgehead atoms. The molecule has 1 aromatic rings. The number of amides is 1. The number of allylic oxidation sites excluding steroid dienone is 2. The Morgan fingerprint density at radius 2 is 1.67 bits per heavy atom. The molecule has 0 radical (unpaired) electrons. The average molecular weight is 369 g/mol. The molecule has 1 amide bonds. The molecule has 1 saturated heterocycles. The Balaban J connectivity index is 1.75. The van der Waals surface area contributed by atoms with Crippen LogP contribution in [0, 0.1) is 11.8 Å². The highest BCUT2D eigenvalue weighted by molar-refractivity contribution is 6.07. The lowest BCUT2D eigenvalue weighted by molar-refractivity contribution is -0.159. The van der Waals surface area contributed by atoms with Crippen LogP contribution in [0.25, 0.3) is 0 Å². The van der Waals surface area contributed by atoms with Crippen molar-refractivity contribution in [3.05, 3.63) is 35.9 Å². The predicted octanol–water partition coefficient (Wildman–Crippen LogP) is 3.23. The number of methoxy groups -OCH3 is 2. The van der Waals surface area contributed by atoms with Gasteiger partial charge in [0.1, 0.15) is 0 Å². The summed E-state index contributed by atoms with van der Waals surface area (Å²) in [7, 11) is 3.27. The molecule has 1 aliphatic carbocycles. The van der Waals surface area contributed by atoms with Crippen LogP contribution in [0.4, 0.5) is 0 Å². The van der Waals surface area contributed by atoms with Crippen molar-refractivity contribution in [2.75, 3.05) is 27.3 Å². The van der Waals surface area contributed by atoms with Crippen LogP contribution in [0.5, 0.6) is 11.5 Å². The molecule has 0 unspecified atom stereocenters. The highest BCUT2D eigenvalue weighted by Gasteiger charge is 2.42. The Morgan fingerprint density at radius 3 is 2.37 bits per heavy atom. The van der Waals surface area contributed by atoms with E-state index in [4.69, 9.17) is 14.6 Å². The van der Waals surface area contributed by atoms with Gasteiger partial charge in [-0.25, -0.2) is 0 Å². The number of hydrazone groups is 1. The van der Waals surface area contributed by atoms with E-state index in [9.17, 15) is 4.79 Å². The Labute approximate surface area is 160 Å². The van der Waals surface area contributed by atoms with Crippen LogP contribution in [0.3, 0.4) is 0 Å². The minimum atomic E-state index is -0.0440. The third-order valence-electron chi connectivity index (χ3n) is 5.78. The van der Waals surface area contributed by atoms with Crippen molar-refractivity contribution in [2.45, 2.75) is 32.1 Å². The van der Waals surface area contributed by atoms with Crippen LogP contribution in [-0.2, 0) is 4.79 Å². The topological polar surface area (TPSA) is 54.4 Å². The van der Waals surface area contributed by atoms with Crippen LogP contribution in [0.1, 0.15) is 37.7 Å². The van der Waals surface area contributed by atoms with Crippen LogP contribution in [0.2, 0.25) is 0 Å². The van der Waals surface area contributed by atoms with E-state index in [2.05, 4.69) is 17.2 Å². The lowest BCUT2D eigenvalue weighted by atomic mass is 9.76. The molecule has 27 heavy (non-hydrogen) atoms. The first-order valence-electron chi connectivity index (χ1n) is 9.77. The third kappa shape index (κ3) is 3.34. The maximum Gasteiger partial charge on any atom is 0.261 e. The SMILES string of the molecule is COc1ccc(C2=NN(N3CCCCC3)C(=O)[C@@H]3CC=CC[C@H]23)cc1OC. The van der Waals surface area contributed by atoms with Gasteiger partial charge in [-0.2, -0.15) is 15.2 Å². The second-order valence-corrected chi connectivity index (χ2v) is 7.35. The molecular formula is C21H27N3O3. The maximum absolute atomic E-state index is 13.2. The van der Waals surface area contributed by atoms with E-state index in [-0.39, 0.29) is 17.7 Å². The van der Waals surface area contributed by atoms with Gasteiger partial charge in [-0.1, -0.05) is 18.6 Å². The fraction of sp³-hybridized carbons (Fsp3) is 0.524. The number of nitrogens with zero attached hydrogens (tertiary/aromatic N) is 3. The number of piperidine rings is 1. The van der Waals surface area contributed by atoms with Crippen molar-refractivity contribution in [1.29, 1.82) is 0 Å². The second kappa shape index (κ2) is 7.72. The smallest absolute Gasteiger partial charge is 0.261 e. The van der Waals surface area contributed by atoms with Gasteiger partial charge in [0, 0.05) is 24.6 Å². The molecule has 3 aliphatic rings. The van der Waals surface area contributed by atoms with Gasteiger partial charge in [0.2, 0.25) is 0 Å². The van der Waals surface area contributed by atoms with Gasteiger partial charge in [-0.3, -0.25) is 4.79 Å². The molecule has 1 aromatic carbocycles. The zero-order chi connectivity index (χ0) is 18.8. The number of carbonyl (C=O) groups is 1. The van der Waals surface area contributed by atoms with Crippen molar-refractivity contribution in [1.82, 2.24) is 10.1 Å². The summed E-state index contributed by atoms with van der Waals surface area (Å²) in [6.07, 6.45) is 9.36. The second-order valence-electron chi connectivity index (χ2n) is 7.35. The highest BCUT2D eigenvalue weighted by Crippen LogP contribution is 2.37. The molecule has 4 rings (SSSR count). The number of fused-ring (bicyclic) bond motifs is 1. The summed E-state index contributed by atoms with van der Waals surface area (Å²) in [6, 6.07) is 5.89. The number of hydrogen-bond donors (Lipinski definition) is 0. The number of hydrazine groups is 1. The van der Waals surface area contributed by atoms with Crippen molar-refractivity contribution in [3.63, 3.8) is 0 Å². The summed E-state index contributed by atoms with van der Waals surface area (Å²) in [5, 5.41) is 8.64. The van der Waals surface area contributed by atoms with Gasteiger partial charge < -0.3 is 9.47 Å². The number of hydrogen-bond acceptors (Lipinski definition) is 5. The number of ether oxygens (including phenoxy) is 2. The van der Waals surface area contributed by atoms with Crippen molar-refractivity contribution < 1.29 is 14.3 Å². The first-order chi connectivity index (χ1) is 13.2. The van der Waals surface area contributed by atoms with E-state index in [1.807, 2.05) is 18.2 Å². The fourth-order valence-corrected chi connectivity index (χ4v) is 4.30. The van der Waals surface area contributed by atoms with Crippen molar-refractivity contribution in [2.24, 2.45) is 16.9 Å². The summed E-state index contributed by atoms with van der Waals surface area (Å²) in [6.45, 7) is 1.78. The van der Waals surface area contributed by atoms with E-state index in [1.54, 1.807) is 19.3 Å². The minimum Gasteiger partial charge on any atom is -0.493 e. The molecule has 0 aromatic heterocycles. The summed E-state index contributed by atoms with van der Waals surface area (Å²) < 4.78 is 10.9. The van der Waals surface area contributed by atoms with E-state index in [0.29, 0.717) is 11.5 Å². The molecule has 6 heteroatoms. The fourth-order valence-electron chi connectivity index (χ4n) is 4.30. The highest BCUT2D eigenvalue weighted by atomic mass is 16.5. The molecule has 0 spiro atoms. The van der Waals surface area contributed by atoms with Crippen LogP contribution in [-0.4, -0.2) is 49.1 Å². The molecular weight excluding hydrogens is 342 g/mol. The summed E-state index contributed by atoms with van der Waals surface area (Å²) >= 11 is 0. The molecule has 144 valence electrons. The average Bonchev–Trinajstić information content (AvgIpc) is 2.74. The van der Waals surface area contributed by atoms with E-state index < -0.39 is 0 Å². The largest absolute Gasteiger partial charge is 0.493 e. The van der Waals surface area contributed by atoms with Crippen LogP contribution < -0.4 is 9.47 Å². The van der Waals surface area contributed by atoms with Gasteiger partial charge in [0.05, 0.1) is 25.8 Å². The van der Waals surface area contributed by atoms with Gasteiger partial charge in [0.15, 0.2) is 11.5 Å². The van der Waals surface area contributed by atoms with E-state index in [1.165, 1.54) is 6.42 Å². The lowest BCUT2D eigenvalue weighted by Crippen LogP contribution is -2.53. The number of rotatable bonds is 4. The zero-order valence-corrected chi connectivity index (χ0v) is 16.1. The number of carbonyl (C=O) groups excluding carboxylic acids is 1. The zero-order valence-electron chi connectivity index (χ0n) is 16.1. The molecule has 1 fully saturated rings. The standard InChI is InChI=1S/C21H27N3O3/c1-26-18-11-10-15(14-19(18)27-2)20-16-8-4-5-9-17(16)21(25)24(22-20)23-12-6-3-7-13-23/h4-5,10-11,14,16-17H,3,6-9,12-13H2,1-2H3/t16-,17+/m0/s1. The molecule has 2 heterocycles. The van der Waals surface area contributed by atoms with Crippen LogP contribution in [0.15, 0.2) is 35.5 Å².